The number of aromatic nitrogens is 5. The second kappa shape index (κ2) is 17.4. The van der Waals surface area contributed by atoms with E-state index in [1.165, 1.54) is 12.1 Å². The van der Waals surface area contributed by atoms with Crippen LogP contribution in [0.3, 0.4) is 0 Å². The minimum absolute atomic E-state index is 0.0607. The minimum Gasteiger partial charge on any atom is -0.484 e. The van der Waals surface area contributed by atoms with Crippen LogP contribution in [0.5, 0.6) is 5.75 Å². The van der Waals surface area contributed by atoms with Gasteiger partial charge < -0.3 is 20.1 Å². The molecule has 15 nitrogen and oxygen atoms in total. The fourth-order valence-corrected chi connectivity index (χ4v) is 9.24. The number of piperidine rings is 2. The molecule has 3 aromatic carbocycles. The van der Waals surface area contributed by atoms with Gasteiger partial charge in [-0.25, -0.2) is 9.37 Å². The van der Waals surface area contributed by atoms with Gasteiger partial charge in [0.15, 0.2) is 0 Å². The van der Waals surface area contributed by atoms with E-state index in [9.17, 15) is 32.3 Å². The van der Waals surface area contributed by atoms with Crippen LogP contribution in [0.25, 0.3) is 33.3 Å². The molecule has 64 heavy (non-hydrogen) atoms. The molecule has 2 fully saturated rings. The normalized spacial score (nSPS) is 17.7. The largest absolute Gasteiger partial charge is 0.484 e. The van der Waals surface area contributed by atoms with Crippen molar-refractivity contribution in [3.63, 3.8) is 0 Å². The maximum absolute atomic E-state index is 13.6. The molecule has 0 bridgehead atoms. The van der Waals surface area contributed by atoms with E-state index < -0.39 is 41.5 Å². The predicted molar refractivity (Wildman–Crippen MR) is 234 cm³/mol. The quantitative estimate of drug-likeness (QED) is 0.0805. The average molecular weight is 893 g/mol. The lowest BCUT2D eigenvalue weighted by Crippen LogP contribution is -2.54. The van der Waals surface area contributed by atoms with Gasteiger partial charge in [-0.05, 0) is 74.1 Å². The summed E-state index contributed by atoms with van der Waals surface area (Å²) in [7, 11) is 1.81. The third kappa shape index (κ3) is 8.16. The van der Waals surface area contributed by atoms with Crippen LogP contribution in [0.4, 0.5) is 24.7 Å². The number of nitrogens with one attached hydrogen (secondary N) is 2. The Morgan fingerprint density at radius 3 is 2.50 bits per heavy atom. The molecule has 4 N–H and O–H groups in total. The van der Waals surface area contributed by atoms with Crippen molar-refractivity contribution in [1.82, 2.24) is 39.7 Å². The van der Waals surface area contributed by atoms with Crippen molar-refractivity contribution in [2.45, 2.75) is 63.0 Å². The van der Waals surface area contributed by atoms with Crippen molar-refractivity contribution >= 4 is 58.0 Å². The first-order valence-corrected chi connectivity index (χ1v) is 21.7. The Bertz CT molecular complexity index is 2810. The van der Waals surface area contributed by atoms with Gasteiger partial charge in [0.05, 0.1) is 40.0 Å². The molecule has 19 heteroatoms. The van der Waals surface area contributed by atoms with E-state index in [0.717, 1.165) is 53.0 Å². The number of carbonyl (C=O) groups excluding carboxylic acids is 4. The summed E-state index contributed by atoms with van der Waals surface area (Å²) in [5.74, 6) is -4.60. The Morgan fingerprint density at radius 1 is 0.969 bits per heavy atom. The van der Waals surface area contributed by atoms with Crippen LogP contribution in [0, 0.1) is 5.82 Å². The molecule has 3 aliphatic heterocycles. The summed E-state index contributed by atoms with van der Waals surface area (Å²) in [5, 5.41) is 12.5. The Labute approximate surface area is 369 Å². The van der Waals surface area contributed by atoms with E-state index >= 15 is 0 Å². The number of hydrogen-bond acceptors (Lipinski definition) is 12. The zero-order valence-electron chi connectivity index (χ0n) is 34.8. The molecule has 2 saturated heterocycles. The van der Waals surface area contributed by atoms with Crippen molar-refractivity contribution < 1.29 is 37.1 Å². The van der Waals surface area contributed by atoms with Gasteiger partial charge >= 0.3 is 5.76 Å². The summed E-state index contributed by atoms with van der Waals surface area (Å²) < 4.78 is 52.8. The first-order valence-electron chi connectivity index (χ1n) is 20.8. The predicted octanol–water partition coefficient (Wildman–Crippen LogP) is 6.92. The van der Waals surface area contributed by atoms with Crippen molar-refractivity contribution in [3.05, 3.63) is 107 Å². The number of nitrogens with zero attached hydrogens (tertiary/aromatic N) is 7. The number of fused-ring (bicyclic) bond motifs is 2. The van der Waals surface area contributed by atoms with Crippen LogP contribution in [0.15, 0.2) is 79.3 Å². The summed E-state index contributed by atoms with van der Waals surface area (Å²) in [6.45, 7) is 4.02. The fraction of sp³-hybridized carbons (Fsp3) is 0.311. The summed E-state index contributed by atoms with van der Waals surface area (Å²) in [6, 6.07) is 15.3. The van der Waals surface area contributed by atoms with Gasteiger partial charge in [0.25, 0.3) is 11.8 Å². The molecule has 4 amide bonds. The molecule has 0 radical (unpaired) electrons. The second-order valence-electron chi connectivity index (χ2n) is 16.1. The smallest absolute Gasteiger partial charge is 0.302 e. The van der Waals surface area contributed by atoms with E-state index in [-0.39, 0.29) is 53.8 Å². The number of likely N-dealkylation sites (tertiary alicyclic amines) is 1. The molecule has 3 aliphatic rings. The van der Waals surface area contributed by atoms with Crippen LogP contribution in [-0.4, -0.2) is 89.4 Å². The molecule has 330 valence electrons. The number of nitrogens with two attached hydrogens (primary N) is 1. The maximum Gasteiger partial charge on any atom is 0.302 e. The van der Waals surface area contributed by atoms with E-state index in [0.29, 0.717) is 46.4 Å². The number of aryl methyl sites for hydroxylation is 1. The van der Waals surface area contributed by atoms with Gasteiger partial charge in [0.2, 0.25) is 11.8 Å². The van der Waals surface area contributed by atoms with Crippen LogP contribution >= 0.6 is 11.9 Å². The number of imide groups is 2. The average Bonchev–Trinajstić information content (AvgIpc) is 3.98. The number of amides is 4. The van der Waals surface area contributed by atoms with E-state index in [1.807, 2.05) is 24.0 Å². The zero-order valence-corrected chi connectivity index (χ0v) is 35.6. The number of rotatable bonds is 13. The van der Waals surface area contributed by atoms with Crippen LogP contribution < -0.4 is 20.5 Å². The number of ether oxygens (including phenoxy) is 1. The molecule has 6 heterocycles. The third-order valence-corrected chi connectivity index (χ3v) is 12.7. The van der Waals surface area contributed by atoms with Gasteiger partial charge in [-0.1, -0.05) is 30.3 Å². The second-order valence-corrected chi connectivity index (χ2v) is 16.9. The van der Waals surface area contributed by atoms with Crippen LogP contribution in [0.2, 0.25) is 0 Å². The lowest BCUT2D eigenvalue weighted by molar-refractivity contribution is -0.136. The summed E-state index contributed by atoms with van der Waals surface area (Å²) in [6.07, 6.45) is 7.29. The zero-order chi connectivity index (χ0) is 44.8. The SMILES string of the molecule is C[C@H](Oc1cc(-c2nn(C)c3c(-c4cnn(C5CCN(CCc6cccc7c6C(=O)N(C6CCC(=O)NC6=O)C7=O)CC5)c4)cnc(N)c23)ccc1NSC(F)F)c1ccc(F)cc1. The third-order valence-electron chi connectivity index (χ3n) is 12.1. The fourth-order valence-electron chi connectivity index (χ4n) is 8.86. The van der Waals surface area contributed by atoms with Crippen molar-refractivity contribution in [2.24, 2.45) is 7.05 Å². The maximum atomic E-state index is 13.6. The van der Waals surface area contributed by atoms with Crippen molar-refractivity contribution in [3.8, 4) is 28.1 Å². The number of pyridine rings is 1. The number of carbonyl (C=O) groups is 4. The molecular weight excluding hydrogens is 850 g/mol. The molecule has 3 aromatic heterocycles. The number of alkyl halides is 2. The summed E-state index contributed by atoms with van der Waals surface area (Å²) >= 11 is 0.244. The van der Waals surface area contributed by atoms with E-state index in [2.05, 4.69) is 19.9 Å². The van der Waals surface area contributed by atoms with Gasteiger partial charge in [0.1, 0.15) is 35.2 Å². The van der Waals surface area contributed by atoms with Crippen LogP contribution in [-0.2, 0) is 23.1 Å². The van der Waals surface area contributed by atoms with Crippen molar-refractivity contribution in [2.75, 3.05) is 30.1 Å². The number of nitrogen functional groups attached to an aromatic ring is 1. The minimum atomic E-state index is -2.68. The highest BCUT2D eigenvalue weighted by Crippen LogP contribution is 2.41. The molecule has 1 unspecified atom stereocenters. The molecule has 0 spiro atoms. The monoisotopic (exact) mass is 892 g/mol. The van der Waals surface area contributed by atoms with Gasteiger partial charge in [-0.2, -0.15) is 19.0 Å². The Balaban J connectivity index is 0.894. The lowest BCUT2D eigenvalue weighted by Gasteiger charge is -2.32. The van der Waals surface area contributed by atoms with Crippen molar-refractivity contribution in [1.29, 1.82) is 0 Å². The Morgan fingerprint density at radius 2 is 1.75 bits per heavy atom. The molecule has 2 atom stereocenters. The van der Waals surface area contributed by atoms with Gasteiger partial charge in [0, 0.05) is 74.1 Å². The topological polar surface area (TPSA) is 183 Å². The lowest BCUT2D eigenvalue weighted by atomic mass is 9.99. The molecule has 6 aromatic rings. The molecule has 0 aliphatic carbocycles. The molecular formula is C45H43F3N10O5S. The summed E-state index contributed by atoms with van der Waals surface area (Å²) in [5.41, 5.74) is 12.3. The van der Waals surface area contributed by atoms with Gasteiger partial charge in [-0.15, -0.1) is 0 Å². The highest BCUT2D eigenvalue weighted by Gasteiger charge is 2.45. The van der Waals surface area contributed by atoms with E-state index in [4.69, 9.17) is 20.7 Å². The van der Waals surface area contributed by atoms with Gasteiger partial charge in [-0.3, -0.25) is 38.8 Å². The summed E-state index contributed by atoms with van der Waals surface area (Å²) in [4.78, 5) is 59.1. The molecule has 9 rings (SSSR count). The standard InChI is InChI=1S/C45H43F3N10O5S/c1-24(25-6-9-29(46)10-7-25)63-35-20-27(8-11-33(35)54-64-45(47)48)39-38-40(55(2)53-39)32(22-50-41(38)49)28-21-51-57(23-28)30-15-18-56(19-16-30)17-14-26-4-3-5-31-37(26)44(62)58(43(31)61)34-12-13-36(59)52-42(34)60/h3-11,20-24,30,34,45,54H,12-19H2,1-2H3,(H2,49,50)(H,52,59,60)/t24-,34?/m0/s1. The molecule has 0 saturated carbocycles. The number of benzene rings is 3. The highest BCUT2D eigenvalue weighted by molar-refractivity contribution is 8.00. The number of halogens is 3. The van der Waals surface area contributed by atoms with Crippen LogP contribution in [0.1, 0.15) is 76.6 Å². The Hall–Kier alpha value is -6.73. The Kier molecular flexibility index (Phi) is 11.6. The number of hydrogen-bond donors (Lipinski definition) is 3. The number of anilines is 2. The first-order chi connectivity index (χ1) is 30.8. The highest BCUT2D eigenvalue weighted by atomic mass is 32.2. The van der Waals surface area contributed by atoms with E-state index in [1.54, 1.807) is 66.5 Å². The first kappa shape index (κ1) is 42.6.